The van der Waals surface area contributed by atoms with Crippen LogP contribution in [0.4, 0.5) is 5.69 Å². The predicted molar refractivity (Wildman–Crippen MR) is 132 cm³/mol. The maximum atomic E-state index is 9.28. The van der Waals surface area contributed by atoms with Gasteiger partial charge in [0.2, 0.25) is 11.9 Å². The normalized spacial score (nSPS) is 23.5. The summed E-state index contributed by atoms with van der Waals surface area (Å²) in [5.74, 6) is 1.31. The molecule has 2 aromatic heterocycles. The minimum atomic E-state index is -0.138. The minimum Gasteiger partial charge on any atom is -0.486 e. The Morgan fingerprint density at radius 1 is 1.26 bits per heavy atom. The monoisotopic (exact) mass is 467 g/mol. The van der Waals surface area contributed by atoms with E-state index in [-0.39, 0.29) is 6.17 Å². The number of hydrogen-bond acceptors (Lipinski definition) is 7. The van der Waals surface area contributed by atoms with Crippen molar-refractivity contribution >= 4 is 23.1 Å². The van der Waals surface area contributed by atoms with Crippen LogP contribution < -0.4 is 15.1 Å². The molecule has 0 spiro atoms. The zero-order valence-electron chi connectivity index (χ0n) is 19.6. The highest BCUT2D eigenvalue weighted by atomic mass is 16.5. The number of rotatable bonds is 5. The van der Waals surface area contributed by atoms with Gasteiger partial charge in [-0.1, -0.05) is 0 Å². The second kappa shape index (κ2) is 8.98. The number of quaternary nitrogens is 1. The summed E-state index contributed by atoms with van der Waals surface area (Å²) in [6.07, 6.45) is 11.8. The molecule has 35 heavy (non-hydrogen) atoms. The van der Waals surface area contributed by atoms with Crippen molar-refractivity contribution in [3.05, 3.63) is 77.7 Å². The van der Waals surface area contributed by atoms with Crippen molar-refractivity contribution in [1.82, 2.24) is 20.1 Å². The molecule has 3 aliphatic rings. The molecule has 3 aromatic rings. The van der Waals surface area contributed by atoms with Gasteiger partial charge in [-0.2, -0.15) is 10.4 Å². The number of aromatic nitrogens is 3. The van der Waals surface area contributed by atoms with E-state index in [9.17, 15) is 5.26 Å². The van der Waals surface area contributed by atoms with Crippen molar-refractivity contribution in [2.45, 2.75) is 19.0 Å². The number of anilines is 1. The number of aliphatic imine (C=N–C) groups is 1. The number of hydrogen-bond donors (Lipinski definition) is 2. The average Bonchev–Trinajstić information content (AvgIpc) is 3.54. The minimum absolute atomic E-state index is 0.138. The van der Waals surface area contributed by atoms with Gasteiger partial charge in [0.25, 0.3) is 0 Å². The number of fused-ring (bicyclic) bond motifs is 2. The summed E-state index contributed by atoms with van der Waals surface area (Å²) >= 11 is 0. The first-order valence-corrected chi connectivity index (χ1v) is 11.9. The van der Waals surface area contributed by atoms with E-state index in [0.717, 1.165) is 51.7 Å². The van der Waals surface area contributed by atoms with Gasteiger partial charge in [0, 0.05) is 36.8 Å². The fourth-order valence-electron chi connectivity index (χ4n) is 5.05. The summed E-state index contributed by atoms with van der Waals surface area (Å²) in [6, 6.07) is 12.0. The van der Waals surface area contributed by atoms with Crippen LogP contribution in [0, 0.1) is 17.2 Å². The first-order chi connectivity index (χ1) is 17.2. The molecule has 0 radical (unpaired) electrons. The van der Waals surface area contributed by atoms with Crippen LogP contribution in [0.5, 0.6) is 0 Å². The van der Waals surface area contributed by atoms with Gasteiger partial charge in [-0.3, -0.25) is 9.58 Å². The molecule has 2 unspecified atom stereocenters. The number of nitrogens with one attached hydrogen (secondary N) is 2. The molecule has 6 rings (SSSR count). The number of piperidine rings is 1. The van der Waals surface area contributed by atoms with E-state index in [1.54, 1.807) is 4.68 Å². The van der Waals surface area contributed by atoms with Crippen LogP contribution in [0.1, 0.15) is 30.1 Å². The largest absolute Gasteiger partial charge is 0.486 e. The SMILES string of the molecule is Cn1ncc2cc(C3N(c4ccc(C#N)cc4)C=C(OC[C@@H]4CCCNC4)C4=CN=C[NH+]43)cnc21. The highest BCUT2D eigenvalue weighted by molar-refractivity contribution is 5.75. The Balaban J connectivity index is 1.40. The van der Waals surface area contributed by atoms with E-state index in [0.29, 0.717) is 18.1 Å². The molecular formula is C26H27N8O+. The van der Waals surface area contributed by atoms with Crippen molar-refractivity contribution in [3.8, 4) is 6.07 Å². The zero-order valence-corrected chi connectivity index (χ0v) is 19.6. The maximum absolute atomic E-state index is 9.28. The fraction of sp³-hybridized carbons (Fsp3) is 0.308. The summed E-state index contributed by atoms with van der Waals surface area (Å²) < 4.78 is 8.20. The van der Waals surface area contributed by atoms with Crippen molar-refractivity contribution in [1.29, 1.82) is 5.26 Å². The standard InChI is InChI=1S/C26H26N8O/c1-32-25-20(13-31-32)9-21(12-30-25)26-33(22-6-4-18(10-27)5-7-22)15-24(23-14-29-17-34(23)26)35-16-19-3-2-8-28-11-19/h4-7,9,12-15,17,19,26,28H,2-3,8,11,16H2,1H3/p+1/t19-,26?/m1/s1. The molecule has 0 amide bonds. The summed E-state index contributed by atoms with van der Waals surface area (Å²) in [7, 11) is 1.89. The quantitative estimate of drug-likeness (QED) is 0.596. The van der Waals surface area contributed by atoms with Crippen molar-refractivity contribution < 1.29 is 9.64 Å². The molecule has 1 aromatic carbocycles. The fourth-order valence-corrected chi connectivity index (χ4v) is 5.05. The van der Waals surface area contributed by atoms with Crippen LogP contribution in [0.3, 0.4) is 0 Å². The lowest BCUT2D eigenvalue weighted by Crippen LogP contribution is -3.11. The van der Waals surface area contributed by atoms with Gasteiger partial charge in [-0.15, -0.1) is 0 Å². The van der Waals surface area contributed by atoms with Crippen molar-refractivity contribution in [2.75, 3.05) is 24.6 Å². The lowest BCUT2D eigenvalue weighted by atomic mass is 10.0. The number of benzene rings is 1. The van der Waals surface area contributed by atoms with E-state index in [2.05, 4.69) is 38.6 Å². The molecule has 3 aliphatic heterocycles. The van der Waals surface area contributed by atoms with E-state index in [1.165, 1.54) is 12.8 Å². The molecule has 0 saturated carbocycles. The Hall–Kier alpha value is -4.00. The van der Waals surface area contributed by atoms with Gasteiger partial charge in [-0.05, 0) is 49.7 Å². The Morgan fingerprint density at radius 2 is 2.14 bits per heavy atom. The molecular weight excluding hydrogens is 440 g/mol. The van der Waals surface area contributed by atoms with E-state index < -0.39 is 0 Å². The average molecular weight is 468 g/mol. The molecule has 0 bridgehead atoms. The van der Waals surface area contributed by atoms with Gasteiger partial charge in [0.1, 0.15) is 0 Å². The van der Waals surface area contributed by atoms with Crippen LogP contribution in [-0.2, 0) is 11.8 Å². The second-order valence-electron chi connectivity index (χ2n) is 9.21. The molecule has 176 valence electrons. The van der Waals surface area contributed by atoms with E-state index >= 15 is 0 Å². The third-order valence-corrected chi connectivity index (χ3v) is 6.90. The zero-order chi connectivity index (χ0) is 23.8. The van der Waals surface area contributed by atoms with Gasteiger partial charge < -0.3 is 10.1 Å². The van der Waals surface area contributed by atoms with E-state index in [4.69, 9.17) is 9.72 Å². The van der Waals surface area contributed by atoms with Gasteiger partial charge in [0.15, 0.2) is 17.7 Å². The van der Waals surface area contributed by atoms with Gasteiger partial charge in [0.05, 0.1) is 42.4 Å². The van der Waals surface area contributed by atoms with Crippen molar-refractivity contribution in [2.24, 2.45) is 18.0 Å². The number of ether oxygens (including phenoxy) is 1. The summed E-state index contributed by atoms with van der Waals surface area (Å²) in [6.45, 7) is 2.73. The molecule has 1 saturated heterocycles. The lowest BCUT2D eigenvalue weighted by Gasteiger charge is -2.38. The molecule has 9 nitrogen and oxygen atoms in total. The van der Waals surface area contributed by atoms with Crippen LogP contribution in [0.15, 0.2) is 71.6 Å². The number of aryl methyl sites for hydroxylation is 1. The summed E-state index contributed by atoms with van der Waals surface area (Å²) in [5.41, 5.74) is 4.48. The maximum Gasteiger partial charge on any atom is 0.205 e. The number of pyridine rings is 1. The Bertz CT molecular complexity index is 1370. The lowest BCUT2D eigenvalue weighted by molar-refractivity contribution is -0.790. The third-order valence-electron chi connectivity index (χ3n) is 6.90. The van der Waals surface area contributed by atoms with Gasteiger partial charge in [-0.25, -0.2) is 14.9 Å². The Labute approximate surface area is 203 Å². The first kappa shape index (κ1) is 21.5. The molecule has 9 heteroatoms. The topological polar surface area (TPSA) is 95.8 Å². The molecule has 1 fully saturated rings. The molecule has 3 atom stereocenters. The van der Waals surface area contributed by atoms with Crippen LogP contribution in [-0.4, -0.2) is 40.8 Å². The van der Waals surface area contributed by atoms with E-state index in [1.807, 2.05) is 56.2 Å². The second-order valence-corrected chi connectivity index (χ2v) is 9.21. The summed E-state index contributed by atoms with van der Waals surface area (Å²) in [4.78, 5) is 12.5. The van der Waals surface area contributed by atoms with Crippen molar-refractivity contribution in [3.63, 3.8) is 0 Å². The van der Waals surface area contributed by atoms with Crippen LogP contribution in [0.25, 0.3) is 11.0 Å². The number of nitriles is 1. The molecule has 0 aliphatic carbocycles. The summed E-state index contributed by atoms with van der Waals surface area (Å²) in [5, 5.41) is 18.1. The third kappa shape index (κ3) is 3.97. The Morgan fingerprint density at radius 3 is 2.94 bits per heavy atom. The van der Waals surface area contributed by atoms with Crippen LogP contribution >= 0.6 is 0 Å². The highest BCUT2D eigenvalue weighted by Crippen LogP contribution is 2.32. The molecule has 2 N–H and O–H groups in total. The number of nitrogens with zero attached hydrogens (tertiary/aromatic N) is 6. The smallest absolute Gasteiger partial charge is 0.205 e. The van der Waals surface area contributed by atoms with Crippen LogP contribution in [0.2, 0.25) is 0 Å². The Kier molecular flexibility index (Phi) is 5.52. The molecule has 5 heterocycles. The first-order valence-electron chi connectivity index (χ1n) is 11.9. The predicted octanol–water partition coefficient (Wildman–Crippen LogP) is 1.98. The highest BCUT2D eigenvalue weighted by Gasteiger charge is 2.42. The van der Waals surface area contributed by atoms with Gasteiger partial charge >= 0.3 is 0 Å².